The molecule has 3 rings (SSSR count). The van der Waals surface area contributed by atoms with Crippen LogP contribution in [-0.4, -0.2) is 26.8 Å². The van der Waals surface area contributed by atoms with E-state index in [2.05, 4.69) is 58.1 Å². The third-order valence-corrected chi connectivity index (χ3v) is 10.3. The fourth-order valence-corrected chi connectivity index (χ4v) is 3.74. The highest BCUT2D eigenvalue weighted by molar-refractivity contribution is 6.74. The standard InChI is InChI=1S/C20H30O3Si/c1-20(2,3)24(4,5)22-13-12-14-6-8-16(9-7-14)18-19(23-18)17(21)15-10-11-15/h6-9,15,18-19H,10-13H2,1-5H3. The Kier molecular flexibility index (Phi) is 4.75. The van der Waals surface area contributed by atoms with Gasteiger partial charge >= 0.3 is 0 Å². The predicted molar refractivity (Wildman–Crippen MR) is 98.6 cm³/mol. The SMILES string of the molecule is CC(C)(C)[Si](C)(C)OCCc1ccc(C2OC2C(=O)C2CC2)cc1. The second-order valence-corrected chi connectivity index (χ2v) is 13.6. The molecule has 1 heterocycles. The van der Waals surface area contributed by atoms with Gasteiger partial charge < -0.3 is 9.16 Å². The Labute approximate surface area is 146 Å². The molecular formula is C20H30O3Si. The Bertz CT molecular complexity index is 596. The molecule has 3 nitrogen and oxygen atoms in total. The minimum Gasteiger partial charge on any atom is -0.416 e. The first-order chi connectivity index (χ1) is 11.2. The number of epoxide rings is 1. The highest BCUT2D eigenvalue weighted by atomic mass is 28.4. The summed E-state index contributed by atoms with van der Waals surface area (Å²) in [6.07, 6.45) is 2.86. The molecule has 0 amide bonds. The number of benzene rings is 1. The van der Waals surface area contributed by atoms with Crippen LogP contribution < -0.4 is 0 Å². The Morgan fingerprint density at radius 1 is 1.21 bits per heavy atom. The molecule has 1 aromatic rings. The van der Waals surface area contributed by atoms with Gasteiger partial charge in [0.05, 0.1) is 0 Å². The number of hydrogen-bond donors (Lipinski definition) is 0. The maximum atomic E-state index is 12.0. The number of carbonyl (C=O) groups is 1. The lowest BCUT2D eigenvalue weighted by Gasteiger charge is -2.36. The summed E-state index contributed by atoms with van der Waals surface area (Å²) >= 11 is 0. The lowest BCUT2D eigenvalue weighted by atomic mass is 10.0. The highest BCUT2D eigenvalue weighted by Crippen LogP contribution is 2.45. The van der Waals surface area contributed by atoms with Crippen LogP contribution in [0.15, 0.2) is 24.3 Å². The summed E-state index contributed by atoms with van der Waals surface area (Å²) in [5, 5.41) is 0.253. The number of ether oxygens (including phenoxy) is 1. The number of Topliss-reactive ketones (excluding diaryl/α,β-unsaturated/α-hetero) is 1. The lowest BCUT2D eigenvalue weighted by molar-refractivity contribution is -0.121. The zero-order valence-electron chi connectivity index (χ0n) is 15.6. The zero-order chi connectivity index (χ0) is 17.5. The van der Waals surface area contributed by atoms with Gasteiger partial charge in [-0.25, -0.2) is 0 Å². The quantitative estimate of drug-likeness (QED) is 0.532. The molecule has 0 N–H and O–H groups in total. The van der Waals surface area contributed by atoms with Crippen molar-refractivity contribution in [2.45, 2.75) is 70.4 Å². The fourth-order valence-electron chi connectivity index (χ4n) is 2.70. The first kappa shape index (κ1) is 17.8. The predicted octanol–water partition coefficient (Wildman–Crippen LogP) is 4.67. The molecule has 1 saturated carbocycles. The Balaban J connectivity index is 1.48. The molecule has 1 aliphatic carbocycles. The third-order valence-electron chi connectivity index (χ3n) is 5.72. The Hall–Kier alpha value is -0.973. The van der Waals surface area contributed by atoms with Crippen LogP contribution in [0.5, 0.6) is 0 Å². The molecule has 1 saturated heterocycles. The van der Waals surface area contributed by atoms with Crippen molar-refractivity contribution < 1.29 is 14.0 Å². The average Bonchev–Trinajstić information content (AvgIpc) is 3.38. The third kappa shape index (κ3) is 3.98. The van der Waals surface area contributed by atoms with Gasteiger partial charge in [0.1, 0.15) is 12.2 Å². The van der Waals surface area contributed by atoms with Gasteiger partial charge in [0.15, 0.2) is 14.1 Å². The van der Waals surface area contributed by atoms with Crippen molar-refractivity contribution >= 4 is 14.1 Å². The van der Waals surface area contributed by atoms with Gasteiger partial charge in [0.25, 0.3) is 0 Å². The van der Waals surface area contributed by atoms with E-state index < -0.39 is 8.32 Å². The molecule has 4 heteroatoms. The molecule has 2 unspecified atom stereocenters. The van der Waals surface area contributed by atoms with Gasteiger partial charge in [-0.2, -0.15) is 0 Å². The van der Waals surface area contributed by atoms with Crippen molar-refractivity contribution in [3.8, 4) is 0 Å². The van der Waals surface area contributed by atoms with Gasteiger partial charge in [-0.05, 0) is 48.5 Å². The van der Waals surface area contributed by atoms with Crippen molar-refractivity contribution in [3.63, 3.8) is 0 Å². The van der Waals surface area contributed by atoms with Crippen LogP contribution in [0.2, 0.25) is 18.1 Å². The van der Waals surface area contributed by atoms with Crippen molar-refractivity contribution in [2.24, 2.45) is 5.92 Å². The van der Waals surface area contributed by atoms with Gasteiger partial charge in [-0.15, -0.1) is 0 Å². The summed E-state index contributed by atoms with van der Waals surface area (Å²) in [6.45, 7) is 12.2. The van der Waals surface area contributed by atoms with Crippen LogP contribution in [0, 0.1) is 5.92 Å². The topological polar surface area (TPSA) is 38.8 Å². The van der Waals surface area contributed by atoms with Gasteiger partial charge in [0, 0.05) is 12.5 Å². The highest BCUT2D eigenvalue weighted by Gasteiger charge is 2.50. The fraction of sp³-hybridized carbons (Fsp3) is 0.650. The number of hydrogen-bond acceptors (Lipinski definition) is 3. The molecule has 2 aliphatic rings. The van der Waals surface area contributed by atoms with Crippen LogP contribution in [0.25, 0.3) is 0 Å². The van der Waals surface area contributed by atoms with E-state index in [0.717, 1.165) is 31.4 Å². The molecule has 0 radical (unpaired) electrons. The zero-order valence-corrected chi connectivity index (χ0v) is 16.6. The molecule has 0 bridgehead atoms. The molecule has 132 valence electrons. The number of ketones is 1. The molecule has 0 aromatic heterocycles. The minimum atomic E-state index is -1.66. The van der Waals surface area contributed by atoms with Crippen molar-refractivity contribution in [2.75, 3.05) is 6.61 Å². The average molecular weight is 347 g/mol. The van der Waals surface area contributed by atoms with E-state index in [1.165, 1.54) is 5.56 Å². The summed E-state index contributed by atoms with van der Waals surface area (Å²) in [6, 6.07) is 8.49. The van der Waals surface area contributed by atoms with E-state index in [9.17, 15) is 4.79 Å². The van der Waals surface area contributed by atoms with Crippen LogP contribution in [0.1, 0.15) is 50.8 Å². The van der Waals surface area contributed by atoms with E-state index in [1.54, 1.807) is 0 Å². The first-order valence-electron chi connectivity index (χ1n) is 9.11. The summed E-state index contributed by atoms with van der Waals surface area (Å²) in [4.78, 5) is 12.0. The molecule has 1 aliphatic heterocycles. The van der Waals surface area contributed by atoms with Gasteiger partial charge in [0.2, 0.25) is 0 Å². The second kappa shape index (κ2) is 6.39. The maximum Gasteiger partial charge on any atom is 0.191 e. The van der Waals surface area contributed by atoms with Crippen LogP contribution in [0.3, 0.4) is 0 Å². The van der Waals surface area contributed by atoms with Gasteiger partial charge in [-0.1, -0.05) is 45.0 Å². The first-order valence-corrected chi connectivity index (χ1v) is 12.0. The van der Waals surface area contributed by atoms with Gasteiger partial charge in [-0.3, -0.25) is 4.79 Å². The van der Waals surface area contributed by atoms with E-state index in [4.69, 9.17) is 9.16 Å². The molecule has 2 fully saturated rings. The smallest absolute Gasteiger partial charge is 0.191 e. The van der Waals surface area contributed by atoms with E-state index in [0.29, 0.717) is 5.78 Å². The summed E-state index contributed by atoms with van der Waals surface area (Å²) in [5.74, 6) is 0.596. The molecule has 24 heavy (non-hydrogen) atoms. The van der Waals surface area contributed by atoms with Crippen LogP contribution in [-0.2, 0) is 20.4 Å². The summed E-state index contributed by atoms with van der Waals surface area (Å²) in [7, 11) is -1.66. The molecule has 1 aromatic carbocycles. The normalized spacial score (nSPS) is 24.0. The largest absolute Gasteiger partial charge is 0.416 e. The number of carbonyl (C=O) groups excluding carboxylic acids is 1. The summed E-state index contributed by atoms with van der Waals surface area (Å²) < 4.78 is 11.8. The molecule has 2 atom stereocenters. The number of rotatable bonds is 7. The van der Waals surface area contributed by atoms with E-state index in [1.807, 2.05) is 0 Å². The van der Waals surface area contributed by atoms with E-state index in [-0.39, 0.29) is 23.2 Å². The Morgan fingerprint density at radius 3 is 2.38 bits per heavy atom. The summed E-state index contributed by atoms with van der Waals surface area (Å²) in [5.41, 5.74) is 2.41. The molecule has 0 spiro atoms. The lowest BCUT2D eigenvalue weighted by Crippen LogP contribution is -2.41. The van der Waals surface area contributed by atoms with Crippen LogP contribution in [0.4, 0.5) is 0 Å². The minimum absolute atomic E-state index is 0.00405. The van der Waals surface area contributed by atoms with E-state index >= 15 is 0 Å². The Morgan fingerprint density at radius 2 is 1.83 bits per heavy atom. The van der Waals surface area contributed by atoms with Crippen molar-refractivity contribution in [1.29, 1.82) is 0 Å². The monoisotopic (exact) mass is 346 g/mol. The van der Waals surface area contributed by atoms with Crippen LogP contribution >= 0.6 is 0 Å². The van der Waals surface area contributed by atoms with Crippen molar-refractivity contribution in [1.82, 2.24) is 0 Å². The molecular weight excluding hydrogens is 316 g/mol. The maximum absolute atomic E-state index is 12.0. The van der Waals surface area contributed by atoms with Crippen molar-refractivity contribution in [3.05, 3.63) is 35.4 Å². The second-order valence-electron chi connectivity index (χ2n) is 8.75.